The van der Waals surface area contributed by atoms with Crippen LogP contribution in [0.4, 0.5) is 5.95 Å². The topological polar surface area (TPSA) is 66.9 Å². The fraction of sp³-hybridized carbons (Fsp3) is 0.389. The summed E-state index contributed by atoms with van der Waals surface area (Å²) in [5.41, 5.74) is 2.76. The van der Waals surface area contributed by atoms with Crippen molar-refractivity contribution in [3.8, 4) is 0 Å². The summed E-state index contributed by atoms with van der Waals surface area (Å²) in [5, 5.41) is 6.04. The Hall–Kier alpha value is -2.43. The number of unbranched alkanes of at least 4 members (excludes halogenated alkanes) is 2. The quantitative estimate of drug-likeness (QED) is 0.734. The highest BCUT2D eigenvalue weighted by Crippen LogP contribution is 2.07. The van der Waals surface area contributed by atoms with Crippen molar-refractivity contribution in [2.24, 2.45) is 0 Å². The highest BCUT2D eigenvalue weighted by molar-refractivity contribution is 5.92. The molecule has 122 valence electrons. The number of aromatic nitrogens is 2. The smallest absolute Gasteiger partial charge is 0.270 e. The molecular weight excluding hydrogens is 288 g/mol. The molecule has 23 heavy (non-hydrogen) atoms. The predicted octanol–water partition coefficient (Wildman–Crippen LogP) is 3.32. The Kier molecular flexibility index (Phi) is 6.54. The lowest BCUT2D eigenvalue weighted by Crippen LogP contribution is -2.25. The minimum atomic E-state index is -0.151. The monoisotopic (exact) mass is 312 g/mol. The fourth-order valence-corrected chi connectivity index (χ4v) is 2.24. The van der Waals surface area contributed by atoms with E-state index in [1.807, 2.05) is 12.1 Å². The summed E-state index contributed by atoms with van der Waals surface area (Å²) in [7, 11) is 0. The number of rotatable bonds is 8. The molecule has 0 aliphatic heterocycles. The van der Waals surface area contributed by atoms with Crippen LogP contribution in [0, 0.1) is 6.92 Å². The number of carbonyl (C=O) groups is 1. The maximum atomic E-state index is 12.0. The zero-order valence-corrected chi connectivity index (χ0v) is 13.8. The summed E-state index contributed by atoms with van der Waals surface area (Å²) >= 11 is 0. The largest absolute Gasteiger partial charge is 0.351 e. The van der Waals surface area contributed by atoms with E-state index in [0.717, 1.165) is 24.8 Å². The third kappa shape index (κ3) is 5.70. The van der Waals surface area contributed by atoms with Crippen LogP contribution in [-0.2, 0) is 6.54 Å². The minimum absolute atomic E-state index is 0.151. The number of anilines is 1. The van der Waals surface area contributed by atoms with Crippen LogP contribution in [0.3, 0.4) is 0 Å². The molecule has 1 aromatic carbocycles. The number of nitrogens with one attached hydrogen (secondary N) is 2. The summed E-state index contributed by atoms with van der Waals surface area (Å²) in [4.78, 5) is 20.5. The molecule has 2 N–H and O–H groups in total. The van der Waals surface area contributed by atoms with Crippen LogP contribution in [-0.4, -0.2) is 22.4 Å². The van der Waals surface area contributed by atoms with Gasteiger partial charge in [-0.1, -0.05) is 49.6 Å². The summed E-state index contributed by atoms with van der Waals surface area (Å²) in [6.45, 7) is 5.51. The molecule has 0 spiro atoms. The van der Waals surface area contributed by atoms with Crippen LogP contribution in [0.25, 0.3) is 0 Å². The number of aryl methyl sites for hydroxylation is 1. The molecule has 0 atom stereocenters. The highest BCUT2D eigenvalue weighted by Gasteiger charge is 2.08. The lowest BCUT2D eigenvalue weighted by Gasteiger charge is -2.08. The Morgan fingerprint density at radius 1 is 1.22 bits per heavy atom. The van der Waals surface area contributed by atoms with E-state index in [9.17, 15) is 4.79 Å². The van der Waals surface area contributed by atoms with Gasteiger partial charge in [-0.15, -0.1) is 0 Å². The molecule has 5 nitrogen and oxygen atoms in total. The third-order valence-corrected chi connectivity index (χ3v) is 3.49. The van der Waals surface area contributed by atoms with E-state index in [4.69, 9.17) is 0 Å². The van der Waals surface area contributed by atoms with Gasteiger partial charge in [0.2, 0.25) is 5.95 Å². The lowest BCUT2D eigenvalue weighted by atomic mass is 10.1. The first-order chi connectivity index (χ1) is 11.2. The number of nitrogens with zero attached hydrogens (tertiary/aromatic N) is 2. The molecule has 5 heteroatoms. The fourth-order valence-electron chi connectivity index (χ4n) is 2.24. The number of carbonyl (C=O) groups excluding carboxylic acids is 1. The average molecular weight is 312 g/mol. The van der Waals surface area contributed by atoms with Crippen molar-refractivity contribution in [2.75, 3.05) is 11.9 Å². The van der Waals surface area contributed by atoms with Crippen molar-refractivity contribution in [2.45, 2.75) is 39.7 Å². The van der Waals surface area contributed by atoms with Crippen LogP contribution in [0.15, 0.2) is 36.5 Å². The van der Waals surface area contributed by atoms with Crippen LogP contribution >= 0.6 is 0 Å². The maximum absolute atomic E-state index is 12.0. The number of hydrogen-bond donors (Lipinski definition) is 2. The molecule has 0 saturated heterocycles. The highest BCUT2D eigenvalue weighted by atomic mass is 16.1. The van der Waals surface area contributed by atoms with Crippen molar-refractivity contribution in [3.63, 3.8) is 0 Å². The Labute approximate surface area is 137 Å². The molecule has 0 radical (unpaired) electrons. The van der Waals surface area contributed by atoms with Gasteiger partial charge in [-0.2, -0.15) is 0 Å². The summed E-state index contributed by atoms with van der Waals surface area (Å²) in [6, 6.07) is 9.87. The molecule has 2 rings (SSSR count). The van der Waals surface area contributed by atoms with Crippen LogP contribution in [0.5, 0.6) is 0 Å². The van der Waals surface area contributed by atoms with Gasteiger partial charge in [-0.3, -0.25) is 4.79 Å². The molecular formula is C18H24N4O. The van der Waals surface area contributed by atoms with Crippen molar-refractivity contribution in [3.05, 3.63) is 53.3 Å². The second kappa shape index (κ2) is 8.88. The Balaban J connectivity index is 1.90. The molecule has 0 saturated carbocycles. The SMILES string of the molecule is CCCCCNC(=O)c1ccnc(NCc2cccc(C)c2)n1. The predicted molar refractivity (Wildman–Crippen MR) is 92.4 cm³/mol. The zero-order valence-electron chi connectivity index (χ0n) is 13.8. The van der Waals surface area contributed by atoms with E-state index in [2.05, 4.69) is 46.6 Å². The van der Waals surface area contributed by atoms with Crippen molar-refractivity contribution in [1.29, 1.82) is 0 Å². The number of amides is 1. The molecule has 1 amide bonds. The standard InChI is InChI=1S/C18H24N4O/c1-3-4-5-10-19-17(23)16-9-11-20-18(22-16)21-13-15-8-6-7-14(2)12-15/h6-9,11-12H,3-5,10,13H2,1-2H3,(H,19,23)(H,20,21,22). The van der Waals surface area contributed by atoms with E-state index in [-0.39, 0.29) is 5.91 Å². The average Bonchev–Trinajstić information content (AvgIpc) is 2.57. The molecule has 1 heterocycles. The van der Waals surface area contributed by atoms with E-state index in [0.29, 0.717) is 24.7 Å². The zero-order chi connectivity index (χ0) is 16.5. The van der Waals surface area contributed by atoms with E-state index in [1.54, 1.807) is 12.3 Å². The Morgan fingerprint density at radius 2 is 2.09 bits per heavy atom. The van der Waals surface area contributed by atoms with Gasteiger partial charge < -0.3 is 10.6 Å². The second-order valence-electron chi connectivity index (χ2n) is 5.57. The van der Waals surface area contributed by atoms with Crippen LogP contribution in [0.2, 0.25) is 0 Å². The second-order valence-corrected chi connectivity index (χ2v) is 5.57. The lowest BCUT2D eigenvalue weighted by molar-refractivity contribution is 0.0948. The molecule has 2 aromatic rings. The van der Waals surface area contributed by atoms with Crippen LogP contribution < -0.4 is 10.6 Å². The molecule has 0 bridgehead atoms. The minimum Gasteiger partial charge on any atom is -0.351 e. The van der Waals surface area contributed by atoms with E-state index < -0.39 is 0 Å². The Morgan fingerprint density at radius 3 is 2.87 bits per heavy atom. The van der Waals surface area contributed by atoms with Crippen molar-refractivity contribution >= 4 is 11.9 Å². The number of benzene rings is 1. The van der Waals surface area contributed by atoms with E-state index >= 15 is 0 Å². The third-order valence-electron chi connectivity index (χ3n) is 3.49. The van der Waals surface area contributed by atoms with Gasteiger partial charge in [-0.25, -0.2) is 9.97 Å². The molecule has 1 aromatic heterocycles. The van der Waals surface area contributed by atoms with Gasteiger partial charge >= 0.3 is 0 Å². The first-order valence-corrected chi connectivity index (χ1v) is 8.09. The normalized spacial score (nSPS) is 10.3. The first kappa shape index (κ1) is 16.9. The molecule has 0 unspecified atom stereocenters. The van der Waals surface area contributed by atoms with Gasteiger partial charge in [0.05, 0.1) is 0 Å². The van der Waals surface area contributed by atoms with E-state index in [1.165, 1.54) is 5.56 Å². The van der Waals surface area contributed by atoms with Gasteiger partial charge in [0, 0.05) is 19.3 Å². The van der Waals surface area contributed by atoms with Gasteiger partial charge in [-0.05, 0) is 25.0 Å². The number of hydrogen-bond acceptors (Lipinski definition) is 4. The molecule has 0 fully saturated rings. The van der Waals surface area contributed by atoms with Crippen molar-refractivity contribution in [1.82, 2.24) is 15.3 Å². The van der Waals surface area contributed by atoms with Gasteiger partial charge in [0.15, 0.2) is 0 Å². The van der Waals surface area contributed by atoms with Crippen molar-refractivity contribution < 1.29 is 4.79 Å². The summed E-state index contributed by atoms with van der Waals surface area (Å²) in [6.07, 6.45) is 4.85. The van der Waals surface area contributed by atoms with Gasteiger partial charge in [0.25, 0.3) is 5.91 Å². The summed E-state index contributed by atoms with van der Waals surface area (Å²) < 4.78 is 0. The first-order valence-electron chi connectivity index (χ1n) is 8.09. The summed E-state index contributed by atoms with van der Waals surface area (Å²) in [5.74, 6) is 0.315. The van der Waals surface area contributed by atoms with Gasteiger partial charge in [0.1, 0.15) is 5.69 Å². The van der Waals surface area contributed by atoms with Crippen LogP contribution in [0.1, 0.15) is 47.8 Å². The maximum Gasteiger partial charge on any atom is 0.270 e. The molecule has 0 aliphatic carbocycles. The Bertz CT molecular complexity index is 642. The molecule has 0 aliphatic rings.